The third-order valence-corrected chi connectivity index (χ3v) is 2.04. The molecule has 0 aromatic heterocycles. The van der Waals surface area contributed by atoms with Crippen LogP contribution in [0.2, 0.25) is 0 Å². The molecule has 0 saturated heterocycles. The highest BCUT2D eigenvalue weighted by atomic mass is 16.6. The molecule has 0 radical (unpaired) electrons. The Labute approximate surface area is 84.3 Å². The van der Waals surface area contributed by atoms with Crippen LogP contribution < -0.4 is 4.74 Å². The van der Waals surface area contributed by atoms with Gasteiger partial charge in [0.05, 0.1) is 12.8 Å². The third kappa shape index (κ3) is 2.25. The summed E-state index contributed by atoms with van der Waals surface area (Å²) >= 11 is 0. The van der Waals surface area contributed by atoms with E-state index in [4.69, 9.17) is 9.57 Å². The van der Waals surface area contributed by atoms with Crippen LogP contribution in [-0.4, -0.2) is 19.9 Å². The summed E-state index contributed by atoms with van der Waals surface area (Å²) in [5.74, 6) is 0.888. The number of oxime groups is 1. The average molecular weight is 193 g/mol. The molecule has 1 aromatic rings. The summed E-state index contributed by atoms with van der Waals surface area (Å²) in [6.45, 7) is 3.91. The van der Waals surface area contributed by atoms with E-state index in [9.17, 15) is 0 Å². The zero-order valence-electron chi connectivity index (χ0n) is 9.00. The van der Waals surface area contributed by atoms with Crippen molar-refractivity contribution in [1.29, 1.82) is 0 Å². The highest BCUT2D eigenvalue weighted by molar-refractivity contribution is 5.98. The first kappa shape index (κ1) is 10.6. The molecule has 0 spiro atoms. The van der Waals surface area contributed by atoms with Gasteiger partial charge in [0.15, 0.2) is 0 Å². The third-order valence-electron chi connectivity index (χ3n) is 2.04. The number of nitrogens with zero attached hydrogens (tertiary/aromatic N) is 1. The number of hydrogen-bond acceptors (Lipinski definition) is 3. The van der Waals surface area contributed by atoms with Gasteiger partial charge < -0.3 is 9.57 Å². The van der Waals surface area contributed by atoms with Gasteiger partial charge in [0, 0.05) is 0 Å². The highest BCUT2D eigenvalue weighted by Gasteiger charge is 2.02. The number of rotatable bonds is 3. The van der Waals surface area contributed by atoms with Crippen molar-refractivity contribution in [3.8, 4) is 5.75 Å². The summed E-state index contributed by atoms with van der Waals surface area (Å²) in [7, 11) is 3.21. The topological polar surface area (TPSA) is 30.8 Å². The Hall–Kier alpha value is -1.51. The van der Waals surface area contributed by atoms with Gasteiger partial charge in [-0.3, -0.25) is 0 Å². The molecule has 0 unspecified atom stereocenters. The summed E-state index contributed by atoms with van der Waals surface area (Å²) in [4.78, 5) is 4.71. The van der Waals surface area contributed by atoms with E-state index < -0.39 is 0 Å². The summed E-state index contributed by atoms with van der Waals surface area (Å²) in [6, 6.07) is 5.92. The molecule has 0 aliphatic carbocycles. The normalized spacial score (nSPS) is 11.3. The molecule has 1 rings (SSSR count). The fraction of sp³-hybridized carbons (Fsp3) is 0.364. The monoisotopic (exact) mass is 193 g/mol. The van der Waals surface area contributed by atoms with E-state index in [0.717, 1.165) is 22.6 Å². The van der Waals surface area contributed by atoms with Crippen LogP contribution in [0.1, 0.15) is 18.1 Å². The Balaban J connectivity index is 3.02. The van der Waals surface area contributed by atoms with E-state index in [1.165, 1.54) is 0 Å². The average Bonchev–Trinajstić information content (AvgIpc) is 2.18. The number of benzene rings is 1. The fourth-order valence-corrected chi connectivity index (χ4v) is 1.29. The van der Waals surface area contributed by atoms with Gasteiger partial charge in [0.2, 0.25) is 0 Å². The first-order valence-corrected chi connectivity index (χ1v) is 4.41. The molecule has 76 valence electrons. The maximum atomic E-state index is 5.17. The molecule has 14 heavy (non-hydrogen) atoms. The lowest BCUT2D eigenvalue weighted by molar-refractivity contribution is 0.213. The maximum absolute atomic E-state index is 5.17. The molecule has 0 amide bonds. The van der Waals surface area contributed by atoms with Crippen LogP contribution in [0.3, 0.4) is 0 Å². The van der Waals surface area contributed by atoms with Crippen LogP contribution in [0, 0.1) is 6.92 Å². The number of methoxy groups -OCH3 is 1. The SMILES string of the molecule is CON=C(C)c1ccc(OC)c(C)c1. The van der Waals surface area contributed by atoms with Crippen LogP contribution in [0.5, 0.6) is 5.75 Å². The lowest BCUT2D eigenvalue weighted by Gasteiger charge is -2.06. The first-order valence-electron chi connectivity index (χ1n) is 4.41. The van der Waals surface area contributed by atoms with E-state index in [1.807, 2.05) is 32.0 Å². The predicted octanol–water partition coefficient (Wildman–Crippen LogP) is 2.37. The van der Waals surface area contributed by atoms with Gasteiger partial charge in [0.25, 0.3) is 0 Å². The van der Waals surface area contributed by atoms with Crippen molar-refractivity contribution < 1.29 is 9.57 Å². The smallest absolute Gasteiger partial charge is 0.121 e. The molecule has 3 heteroatoms. The second-order valence-electron chi connectivity index (χ2n) is 3.04. The minimum absolute atomic E-state index is 0.859. The highest BCUT2D eigenvalue weighted by Crippen LogP contribution is 2.18. The Bertz CT molecular complexity index is 345. The Morgan fingerprint density at radius 1 is 1.29 bits per heavy atom. The number of aryl methyl sites for hydroxylation is 1. The van der Waals surface area contributed by atoms with Crippen molar-refractivity contribution in [2.45, 2.75) is 13.8 Å². The van der Waals surface area contributed by atoms with Crippen LogP contribution in [-0.2, 0) is 4.84 Å². The van der Waals surface area contributed by atoms with Gasteiger partial charge in [-0.05, 0) is 43.2 Å². The van der Waals surface area contributed by atoms with Gasteiger partial charge >= 0.3 is 0 Å². The van der Waals surface area contributed by atoms with E-state index in [1.54, 1.807) is 14.2 Å². The van der Waals surface area contributed by atoms with Crippen molar-refractivity contribution in [2.24, 2.45) is 5.16 Å². The summed E-state index contributed by atoms with van der Waals surface area (Å²) in [5.41, 5.74) is 3.00. The van der Waals surface area contributed by atoms with Gasteiger partial charge in [-0.15, -0.1) is 0 Å². The van der Waals surface area contributed by atoms with Crippen molar-refractivity contribution in [3.63, 3.8) is 0 Å². The molecule has 0 heterocycles. The zero-order chi connectivity index (χ0) is 10.6. The molecule has 0 fully saturated rings. The van der Waals surface area contributed by atoms with Crippen LogP contribution in [0.4, 0.5) is 0 Å². The summed E-state index contributed by atoms with van der Waals surface area (Å²) in [6.07, 6.45) is 0. The van der Waals surface area contributed by atoms with E-state index in [2.05, 4.69) is 5.16 Å². The lowest BCUT2D eigenvalue weighted by atomic mass is 10.1. The fourth-order valence-electron chi connectivity index (χ4n) is 1.29. The molecule has 3 nitrogen and oxygen atoms in total. The largest absolute Gasteiger partial charge is 0.496 e. The molecule has 0 N–H and O–H groups in total. The Morgan fingerprint density at radius 3 is 2.50 bits per heavy atom. The Kier molecular flexibility index (Phi) is 3.51. The lowest BCUT2D eigenvalue weighted by Crippen LogP contribution is -1.97. The van der Waals surface area contributed by atoms with E-state index in [-0.39, 0.29) is 0 Å². The van der Waals surface area contributed by atoms with Gasteiger partial charge in [-0.1, -0.05) is 5.16 Å². The predicted molar refractivity (Wildman–Crippen MR) is 57.0 cm³/mol. The zero-order valence-corrected chi connectivity index (χ0v) is 9.00. The minimum Gasteiger partial charge on any atom is -0.496 e. The van der Waals surface area contributed by atoms with Gasteiger partial charge in [-0.2, -0.15) is 0 Å². The number of ether oxygens (including phenoxy) is 1. The summed E-state index contributed by atoms with van der Waals surface area (Å²) < 4.78 is 5.17. The molecule has 1 aromatic carbocycles. The second kappa shape index (κ2) is 4.65. The standard InChI is InChI=1S/C11H15NO2/c1-8-7-10(9(2)12-14-4)5-6-11(8)13-3/h5-7H,1-4H3. The number of hydrogen-bond donors (Lipinski definition) is 0. The van der Waals surface area contributed by atoms with Crippen LogP contribution in [0.25, 0.3) is 0 Å². The molecule has 0 atom stereocenters. The van der Waals surface area contributed by atoms with Crippen molar-refractivity contribution >= 4 is 5.71 Å². The first-order chi connectivity index (χ1) is 6.69. The quantitative estimate of drug-likeness (QED) is 0.545. The van der Waals surface area contributed by atoms with E-state index >= 15 is 0 Å². The Morgan fingerprint density at radius 2 is 2.00 bits per heavy atom. The molecule has 0 aliphatic rings. The maximum Gasteiger partial charge on any atom is 0.121 e. The second-order valence-corrected chi connectivity index (χ2v) is 3.04. The van der Waals surface area contributed by atoms with Crippen LogP contribution in [0.15, 0.2) is 23.4 Å². The van der Waals surface area contributed by atoms with Crippen molar-refractivity contribution in [1.82, 2.24) is 0 Å². The molecule has 0 aliphatic heterocycles. The molecule has 0 bridgehead atoms. The summed E-state index contributed by atoms with van der Waals surface area (Å²) in [5, 5.41) is 3.87. The molecular weight excluding hydrogens is 178 g/mol. The molecular formula is C11H15NO2. The van der Waals surface area contributed by atoms with Gasteiger partial charge in [0.1, 0.15) is 12.9 Å². The van der Waals surface area contributed by atoms with Crippen molar-refractivity contribution in [3.05, 3.63) is 29.3 Å². The van der Waals surface area contributed by atoms with Crippen molar-refractivity contribution in [2.75, 3.05) is 14.2 Å². The van der Waals surface area contributed by atoms with Gasteiger partial charge in [-0.25, -0.2) is 0 Å². The molecule has 0 saturated carbocycles. The van der Waals surface area contributed by atoms with Crippen LogP contribution >= 0.6 is 0 Å². The minimum atomic E-state index is 0.859. The van der Waals surface area contributed by atoms with E-state index in [0.29, 0.717) is 0 Å².